The van der Waals surface area contributed by atoms with Crippen LogP contribution in [0.1, 0.15) is 34.2 Å². The highest BCUT2D eigenvalue weighted by Crippen LogP contribution is 2.28. The summed E-state index contributed by atoms with van der Waals surface area (Å²) in [6.45, 7) is 8.48. The summed E-state index contributed by atoms with van der Waals surface area (Å²) in [5.41, 5.74) is 9.42. The lowest BCUT2D eigenvalue weighted by molar-refractivity contribution is 0.825. The summed E-state index contributed by atoms with van der Waals surface area (Å²) in [6, 6.07) is 11.1. The predicted molar refractivity (Wildman–Crippen MR) is 91.2 cm³/mol. The van der Waals surface area contributed by atoms with Crippen LogP contribution in [0.15, 0.2) is 30.3 Å². The van der Waals surface area contributed by atoms with Crippen LogP contribution in [0.4, 0.5) is 11.4 Å². The first kappa shape index (κ1) is 14.0. The van der Waals surface area contributed by atoms with Crippen molar-refractivity contribution in [1.82, 2.24) is 0 Å². The van der Waals surface area contributed by atoms with Crippen molar-refractivity contribution in [3.63, 3.8) is 0 Å². The molecule has 0 fully saturated rings. The highest BCUT2D eigenvalue weighted by Gasteiger charge is 2.12. The minimum Gasteiger partial charge on any atom is -0.385 e. The van der Waals surface area contributed by atoms with E-state index in [2.05, 4.69) is 61.7 Å². The number of hydrogen-bond acceptors (Lipinski definition) is 2. The molecule has 1 aliphatic rings. The lowest BCUT2D eigenvalue weighted by atomic mass is 9.99. The molecule has 0 aromatic heterocycles. The van der Waals surface area contributed by atoms with Crippen LogP contribution in [0.2, 0.25) is 0 Å². The Kier molecular flexibility index (Phi) is 3.87. The van der Waals surface area contributed by atoms with E-state index < -0.39 is 0 Å². The van der Waals surface area contributed by atoms with Gasteiger partial charge in [-0.05, 0) is 55.9 Å². The minimum absolute atomic E-state index is 0.876. The van der Waals surface area contributed by atoms with Crippen molar-refractivity contribution in [3.8, 4) is 0 Å². The van der Waals surface area contributed by atoms with Gasteiger partial charge in [0.05, 0.1) is 0 Å². The summed E-state index contributed by atoms with van der Waals surface area (Å²) in [6.07, 6.45) is 2.43. The maximum Gasteiger partial charge on any atom is 0.0423 e. The second kappa shape index (κ2) is 5.80. The molecular formula is C19H24N2. The molecule has 0 radical (unpaired) electrons. The summed E-state index contributed by atoms with van der Waals surface area (Å²) < 4.78 is 0. The summed E-state index contributed by atoms with van der Waals surface area (Å²) >= 11 is 0. The number of hydrogen-bond donors (Lipinski definition) is 2. The fourth-order valence-corrected chi connectivity index (χ4v) is 3.37. The van der Waals surface area contributed by atoms with Gasteiger partial charge < -0.3 is 10.6 Å². The SMILES string of the molecule is Cc1cc(C)c(NCc2cccc3c2NCCC3)c(C)c1. The van der Waals surface area contributed by atoms with E-state index in [9.17, 15) is 0 Å². The molecule has 2 aromatic carbocycles. The van der Waals surface area contributed by atoms with Crippen LogP contribution in [0.3, 0.4) is 0 Å². The Morgan fingerprint density at radius 2 is 1.86 bits per heavy atom. The first-order valence-corrected chi connectivity index (χ1v) is 7.81. The summed E-state index contributed by atoms with van der Waals surface area (Å²) in [5.74, 6) is 0. The van der Waals surface area contributed by atoms with Crippen LogP contribution < -0.4 is 10.6 Å². The Morgan fingerprint density at radius 3 is 2.62 bits per heavy atom. The molecule has 0 unspecified atom stereocenters. The monoisotopic (exact) mass is 280 g/mol. The van der Waals surface area contributed by atoms with Crippen LogP contribution in [-0.2, 0) is 13.0 Å². The Hall–Kier alpha value is -1.96. The number of fused-ring (bicyclic) bond motifs is 1. The van der Waals surface area contributed by atoms with E-state index in [0.717, 1.165) is 13.1 Å². The third kappa shape index (κ3) is 2.90. The van der Waals surface area contributed by atoms with E-state index in [1.165, 1.54) is 52.0 Å². The van der Waals surface area contributed by atoms with Crippen LogP contribution in [0, 0.1) is 20.8 Å². The zero-order chi connectivity index (χ0) is 14.8. The fraction of sp³-hybridized carbons (Fsp3) is 0.368. The first-order valence-electron chi connectivity index (χ1n) is 7.81. The normalized spacial score (nSPS) is 13.5. The van der Waals surface area contributed by atoms with Crippen molar-refractivity contribution in [1.29, 1.82) is 0 Å². The lowest BCUT2D eigenvalue weighted by Crippen LogP contribution is -2.15. The molecule has 0 atom stereocenters. The van der Waals surface area contributed by atoms with Gasteiger partial charge >= 0.3 is 0 Å². The molecule has 3 rings (SSSR count). The lowest BCUT2D eigenvalue weighted by Gasteiger charge is -2.22. The fourth-order valence-electron chi connectivity index (χ4n) is 3.37. The van der Waals surface area contributed by atoms with E-state index in [-0.39, 0.29) is 0 Å². The van der Waals surface area contributed by atoms with E-state index in [4.69, 9.17) is 0 Å². The zero-order valence-corrected chi connectivity index (χ0v) is 13.2. The van der Waals surface area contributed by atoms with Gasteiger partial charge in [0, 0.05) is 24.5 Å². The highest BCUT2D eigenvalue weighted by molar-refractivity contribution is 5.62. The van der Waals surface area contributed by atoms with Crippen LogP contribution in [0.25, 0.3) is 0 Å². The van der Waals surface area contributed by atoms with Crippen LogP contribution in [-0.4, -0.2) is 6.54 Å². The van der Waals surface area contributed by atoms with Crippen LogP contribution in [0.5, 0.6) is 0 Å². The molecule has 110 valence electrons. The van der Waals surface area contributed by atoms with Crippen molar-refractivity contribution in [2.24, 2.45) is 0 Å². The van der Waals surface area contributed by atoms with Crippen molar-refractivity contribution in [2.75, 3.05) is 17.2 Å². The van der Waals surface area contributed by atoms with Gasteiger partial charge in [-0.1, -0.05) is 35.9 Å². The number of para-hydroxylation sites is 1. The Balaban J connectivity index is 1.83. The van der Waals surface area contributed by atoms with Gasteiger partial charge in [0.2, 0.25) is 0 Å². The standard InChI is InChI=1S/C19H24N2/c1-13-10-14(2)18(15(3)11-13)21-12-17-7-4-6-16-8-5-9-20-19(16)17/h4,6-7,10-11,20-21H,5,8-9,12H2,1-3H3. The molecule has 0 bridgehead atoms. The average Bonchev–Trinajstić information content (AvgIpc) is 2.46. The molecule has 2 heteroatoms. The predicted octanol–water partition coefficient (Wildman–Crippen LogP) is 4.58. The van der Waals surface area contributed by atoms with Crippen molar-refractivity contribution >= 4 is 11.4 Å². The Labute approximate surface area is 127 Å². The maximum atomic E-state index is 3.63. The van der Waals surface area contributed by atoms with E-state index in [1.54, 1.807) is 0 Å². The number of benzene rings is 2. The molecule has 0 spiro atoms. The summed E-state index contributed by atoms with van der Waals surface area (Å²) in [7, 11) is 0. The number of nitrogens with one attached hydrogen (secondary N) is 2. The molecule has 0 aliphatic carbocycles. The van der Waals surface area contributed by atoms with Gasteiger partial charge in [-0.3, -0.25) is 0 Å². The maximum absolute atomic E-state index is 3.63. The van der Waals surface area contributed by atoms with Gasteiger partial charge in [0.25, 0.3) is 0 Å². The van der Waals surface area contributed by atoms with Crippen molar-refractivity contribution < 1.29 is 0 Å². The third-order valence-electron chi connectivity index (χ3n) is 4.29. The Bertz CT molecular complexity index is 636. The third-order valence-corrected chi connectivity index (χ3v) is 4.29. The van der Waals surface area contributed by atoms with E-state index >= 15 is 0 Å². The summed E-state index contributed by atoms with van der Waals surface area (Å²) in [5, 5.41) is 7.20. The largest absolute Gasteiger partial charge is 0.385 e. The second-order valence-corrected chi connectivity index (χ2v) is 6.11. The molecule has 2 N–H and O–H groups in total. The van der Waals surface area contributed by atoms with Gasteiger partial charge in [0.15, 0.2) is 0 Å². The minimum atomic E-state index is 0.876. The van der Waals surface area contributed by atoms with Gasteiger partial charge in [-0.2, -0.15) is 0 Å². The zero-order valence-electron chi connectivity index (χ0n) is 13.2. The molecular weight excluding hydrogens is 256 g/mol. The molecule has 0 saturated carbocycles. The van der Waals surface area contributed by atoms with Gasteiger partial charge in [-0.25, -0.2) is 0 Å². The average molecular weight is 280 g/mol. The molecule has 1 heterocycles. The number of rotatable bonds is 3. The number of anilines is 2. The molecule has 1 aliphatic heterocycles. The topological polar surface area (TPSA) is 24.1 Å². The Morgan fingerprint density at radius 1 is 1.10 bits per heavy atom. The molecule has 2 aromatic rings. The van der Waals surface area contributed by atoms with E-state index in [0.29, 0.717) is 0 Å². The molecule has 21 heavy (non-hydrogen) atoms. The second-order valence-electron chi connectivity index (χ2n) is 6.11. The van der Waals surface area contributed by atoms with Crippen molar-refractivity contribution in [3.05, 3.63) is 58.1 Å². The van der Waals surface area contributed by atoms with Crippen molar-refractivity contribution in [2.45, 2.75) is 40.2 Å². The van der Waals surface area contributed by atoms with Crippen LogP contribution >= 0.6 is 0 Å². The summed E-state index contributed by atoms with van der Waals surface area (Å²) in [4.78, 5) is 0. The van der Waals surface area contributed by atoms with Gasteiger partial charge in [0.1, 0.15) is 0 Å². The first-order chi connectivity index (χ1) is 10.1. The number of aryl methyl sites for hydroxylation is 4. The molecule has 0 saturated heterocycles. The smallest absolute Gasteiger partial charge is 0.0423 e. The highest BCUT2D eigenvalue weighted by atomic mass is 14.9. The van der Waals surface area contributed by atoms with Gasteiger partial charge in [-0.15, -0.1) is 0 Å². The molecule has 0 amide bonds. The quantitative estimate of drug-likeness (QED) is 0.859. The molecule has 2 nitrogen and oxygen atoms in total. The van der Waals surface area contributed by atoms with E-state index in [1.807, 2.05) is 0 Å².